The van der Waals surface area contributed by atoms with E-state index in [-0.39, 0.29) is 18.1 Å². The Labute approximate surface area is 137 Å². The topological polar surface area (TPSA) is 53.0 Å². The van der Waals surface area contributed by atoms with Crippen LogP contribution in [-0.2, 0) is 0 Å². The van der Waals surface area contributed by atoms with Crippen LogP contribution >= 0.6 is 0 Å². The Morgan fingerprint density at radius 1 is 1.26 bits per heavy atom. The van der Waals surface area contributed by atoms with Gasteiger partial charge in [0.15, 0.2) is 0 Å². The number of benzene rings is 1. The summed E-state index contributed by atoms with van der Waals surface area (Å²) < 4.78 is 5.47. The van der Waals surface area contributed by atoms with E-state index in [1.54, 1.807) is 0 Å². The normalized spacial score (nSPS) is 25.6. The van der Waals surface area contributed by atoms with Crippen LogP contribution < -0.4 is 4.74 Å². The quantitative estimate of drug-likeness (QED) is 0.919. The SMILES string of the molecule is CCOc1cccc(C(=O)N2CCN([C@@H]3CCC[C@@H]3O)CC2)c1. The molecule has 0 spiro atoms. The molecule has 5 heteroatoms. The predicted octanol–water partition coefficient (Wildman–Crippen LogP) is 1.76. The van der Waals surface area contributed by atoms with E-state index < -0.39 is 0 Å². The maximum atomic E-state index is 12.7. The van der Waals surface area contributed by atoms with Crippen LogP contribution in [0.2, 0.25) is 0 Å². The van der Waals surface area contributed by atoms with Gasteiger partial charge in [0.05, 0.1) is 12.7 Å². The van der Waals surface area contributed by atoms with E-state index in [1.807, 2.05) is 36.1 Å². The molecule has 0 bridgehead atoms. The lowest BCUT2D eigenvalue weighted by Gasteiger charge is -2.39. The van der Waals surface area contributed by atoms with Crippen molar-refractivity contribution in [1.82, 2.24) is 9.80 Å². The Balaban J connectivity index is 1.58. The van der Waals surface area contributed by atoms with Crippen molar-refractivity contribution in [2.75, 3.05) is 32.8 Å². The Bertz CT molecular complexity index is 541. The predicted molar refractivity (Wildman–Crippen MR) is 88.7 cm³/mol. The molecule has 126 valence electrons. The molecule has 2 atom stereocenters. The highest BCUT2D eigenvalue weighted by molar-refractivity contribution is 5.94. The van der Waals surface area contributed by atoms with Gasteiger partial charge in [0, 0.05) is 37.8 Å². The molecule has 0 unspecified atom stereocenters. The summed E-state index contributed by atoms with van der Waals surface area (Å²) in [7, 11) is 0. The molecule has 23 heavy (non-hydrogen) atoms. The molecular weight excluding hydrogens is 292 g/mol. The minimum Gasteiger partial charge on any atom is -0.494 e. The summed E-state index contributed by atoms with van der Waals surface area (Å²) in [4.78, 5) is 16.9. The van der Waals surface area contributed by atoms with Gasteiger partial charge in [0.25, 0.3) is 5.91 Å². The molecule has 1 amide bonds. The highest BCUT2D eigenvalue weighted by Crippen LogP contribution is 2.25. The first-order valence-corrected chi connectivity index (χ1v) is 8.63. The molecule has 1 aromatic rings. The van der Waals surface area contributed by atoms with E-state index in [0.717, 1.165) is 51.2 Å². The molecule has 1 aromatic carbocycles. The molecule has 5 nitrogen and oxygen atoms in total. The van der Waals surface area contributed by atoms with Crippen LogP contribution in [0, 0.1) is 0 Å². The molecule has 1 aliphatic heterocycles. The fourth-order valence-corrected chi connectivity index (χ4v) is 3.67. The number of hydrogen-bond acceptors (Lipinski definition) is 4. The zero-order chi connectivity index (χ0) is 16.2. The molecule has 3 rings (SSSR count). The number of amides is 1. The van der Waals surface area contributed by atoms with Crippen molar-refractivity contribution < 1.29 is 14.6 Å². The zero-order valence-corrected chi connectivity index (χ0v) is 13.8. The molecule has 1 aliphatic carbocycles. The van der Waals surface area contributed by atoms with E-state index in [1.165, 1.54) is 0 Å². The Morgan fingerprint density at radius 3 is 2.70 bits per heavy atom. The fraction of sp³-hybridized carbons (Fsp3) is 0.611. The highest BCUT2D eigenvalue weighted by atomic mass is 16.5. The number of aliphatic hydroxyl groups is 1. The van der Waals surface area contributed by atoms with Crippen LogP contribution in [0.3, 0.4) is 0 Å². The monoisotopic (exact) mass is 318 g/mol. The van der Waals surface area contributed by atoms with E-state index in [4.69, 9.17) is 4.74 Å². The summed E-state index contributed by atoms with van der Waals surface area (Å²) in [5.41, 5.74) is 0.685. The van der Waals surface area contributed by atoms with Crippen LogP contribution in [0.25, 0.3) is 0 Å². The zero-order valence-electron chi connectivity index (χ0n) is 13.8. The fourth-order valence-electron chi connectivity index (χ4n) is 3.67. The van der Waals surface area contributed by atoms with Gasteiger partial charge in [0.1, 0.15) is 5.75 Å². The molecule has 0 aromatic heterocycles. The van der Waals surface area contributed by atoms with Gasteiger partial charge in [0.2, 0.25) is 0 Å². The number of rotatable bonds is 4. The first-order chi connectivity index (χ1) is 11.2. The molecule has 1 saturated carbocycles. The smallest absolute Gasteiger partial charge is 0.254 e. The largest absolute Gasteiger partial charge is 0.494 e. The molecule has 2 aliphatic rings. The second-order valence-corrected chi connectivity index (χ2v) is 6.35. The van der Waals surface area contributed by atoms with Crippen molar-refractivity contribution in [3.8, 4) is 5.75 Å². The third kappa shape index (κ3) is 3.67. The van der Waals surface area contributed by atoms with E-state index in [0.29, 0.717) is 12.2 Å². The van der Waals surface area contributed by atoms with Gasteiger partial charge < -0.3 is 14.7 Å². The summed E-state index contributed by atoms with van der Waals surface area (Å²) in [6.45, 7) is 5.67. The summed E-state index contributed by atoms with van der Waals surface area (Å²) in [5, 5.41) is 10.0. The minimum atomic E-state index is -0.194. The van der Waals surface area contributed by atoms with Gasteiger partial charge in [-0.3, -0.25) is 9.69 Å². The number of piperazine rings is 1. The first-order valence-electron chi connectivity index (χ1n) is 8.63. The number of aliphatic hydroxyl groups excluding tert-OH is 1. The van der Waals surface area contributed by atoms with Crippen molar-refractivity contribution in [3.05, 3.63) is 29.8 Å². The van der Waals surface area contributed by atoms with Crippen molar-refractivity contribution in [2.24, 2.45) is 0 Å². The number of nitrogens with zero attached hydrogens (tertiary/aromatic N) is 2. The van der Waals surface area contributed by atoms with E-state index in [9.17, 15) is 9.90 Å². The van der Waals surface area contributed by atoms with Crippen molar-refractivity contribution in [2.45, 2.75) is 38.3 Å². The Hall–Kier alpha value is -1.59. The lowest BCUT2D eigenvalue weighted by Crippen LogP contribution is -2.53. The number of ether oxygens (including phenoxy) is 1. The first kappa shape index (κ1) is 16.3. The summed E-state index contributed by atoms with van der Waals surface area (Å²) in [6.07, 6.45) is 2.90. The van der Waals surface area contributed by atoms with Crippen LogP contribution in [0.15, 0.2) is 24.3 Å². The minimum absolute atomic E-state index is 0.0678. The lowest BCUT2D eigenvalue weighted by molar-refractivity contribution is 0.0315. The molecule has 1 saturated heterocycles. The summed E-state index contributed by atoms with van der Waals surface area (Å²) in [6, 6.07) is 7.69. The summed E-state index contributed by atoms with van der Waals surface area (Å²) >= 11 is 0. The maximum Gasteiger partial charge on any atom is 0.254 e. The number of carbonyl (C=O) groups is 1. The molecule has 2 fully saturated rings. The third-order valence-corrected chi connectivity index (χ3v) is 4.91. The van der Waals surface area contributed by atoms with Gasteiger partial charge in [-0.1, -0.05) is 6.07 Å². The average Bonchev–Trinajstić information content (AvgIpc) is 3.01. The lowest BCUT2D eigenvalue weighted by atomic mass is 10.1. The number of hydrogen-bond donors (Lipinski definition) is 1. The molecule has 1 N–H and O–H groups in total. The third-order valence-electron chi connectivity index (χ3n) is 4.91. The summed E-state index contributed by atoms with van der Waals surface area (Å²) in [5.74, 6) is 0.809. The van der Waals surface area contributed by atoms with Crippen molar-refractivity contribution >= 4 is 5.91 Å². The van der Waals surface area contributed by atoms with Crippen molar-refractivity contribution in [1.29, 1.82) is 0 Å². The van der Waals surface area contributed by atoms with Gasteiger partial charge in [-0.25, -0.2) is 0 Å². The van der Waals surface area contributed by atoms with Crippen LogP contribution in [0.4, 0.5) is 0 Å². The Morgan fingerprint density at radius 2 is 2.04 bits per heavy atom. The van der Waals surface area contributed by atoms with Crippen LogP contribution in [0.5, 0.6) is 5.75 Å². The van der Waals surface area contributed by atoms with Gasteiger partial charge in [-0.15, -0.1) is 0 Å². The van der Waals surface area contributed by atoms with Crippen LogP contribution in [-0.4, -0.2) is 65.7 Å². The van der Waals surface area contributed by atoms with Gasteiger partial charge in [-0.05, 0) is 44.4 Å². The van der Waals surface area contributed by atoms with E-state index >= 15 is 0 Å². The second-order valence-electron chi connectivity index (χ2n) is 6.35. The highest BCUT2D eigenvalue weighted by Gasteiger charge is 2.33. The van der Waals surface area contributed by atoms with Crippen molar-refractivity contribution in [3.63, 3.8) is 0 Å². The maximum absolute atomic E-state index is 12.7. The number of carbonyl (C=O) groups excluding carboxylic acids is 1. The standard InChI is InChI=1S/C18H26N2O3/c1-2-23-15-6-3-5-14(13-15)18(22)20-11-9-19(10-12-20)16-7-4-8-17(16)21/h3,5-6,13,16-17,21H,2,4,7-12H2,1H3/t16-,17+/m1/s1. The molecular formula is C18H26N2O3. The molecule has 1 heterocycles. The second kappa shape index (κ2) is 7.32. The van der Waals surface area contributed by atoms with E-state index in [2.05, 4.69) is 4.90 Å². The Kier molecular flexibility index (Phi) is 5.18. The molecule has 0 radical (unpaired) electrons. The average molecular weight is 318 g/mol. The van der Waals surface area contributed by atoms with Gasteiger partial charge >= 0.3 is 0 Å². The van der Waals surface area contributed by atoms with Gasteiger partial charge in [-0.2, -0.15) is 0 Å². The van der Waals surface area contributed by atoms with Crippen LogP contribution in [0.1, 0.15) is 36.5 Å².